The Hall–Kier alpha value is -2.97. The molecule has 2 aromatic carbocycles. The van der Waals surface area contributed by atoms with Crippen LogP contribution < -0.4 is 19.8 Å². The maximum Gasteiger partial charge on any atom is 0.251 e. The second-order valence-electron chi connectivity index (χ2n) is 9.42. The third-order valence-electron chi connectivity index (χ3n) is 7.16. The zero-order valence-electron chi connectivity index (χ0n) is 20.5. The minimum Gasteiger partial charge on any atom is -0.497 e. The van der Waals surface area contributed by atoms with E-state index in [-0.39, 0.29) is 5.56 Å². The Balaban J connectivity index is 1.17. The highest BCUT2D eigenvalue weighted by Crippen LogP contribution is 2.31. The molecule has 7 nitrogen and oxygen atoms in total. The Morgan fingerprint density at radius 3 is 2.57 bits per heavy atom. The van der Waals surface area contributed by atoms with Crippen LogP contribution >= 0.6 is 0 Å². The molecule has 3 aromatic rings. The molecule has 1 saturated heterocycles. The average Bonchev–Trinajstić information content (AvgIpc) is 2.88. The Morgan fingerprint density at radius 1 is 1.03 bits per heavy atom. The van der Waals surface area contributed by atoms with Gasteiger partial charge in [-0.3, -0.25) is 4.79 Å². The molecule has 0 spiro atoms. The molecule has 5 rings (SSSR count). The molecule has 2 aliphatic heterocycles. The number of rotatable bonds is 7. The van der Waals surface area contributed by atoms with E-state index in [2.05, 4.69) is 11.0 Å². The number of hydrogen-bond donors (Lipinski definition) is 0. The fraction of sp³-hybridized carbons (Fsp3) is 0.444. The number of methoxy groups -OCH3 is 1. The highest BCUT2D eigenvalue weighted by atomic mass is 16.6. The molecule has 0 bridgehead atoms. The van der Waals surface area contributed by atoms with E-state index in [9.17, 15) is 4.79 Å². The molecule has 182 valence electrons. The lowest BCUT2D eigenvalue weighted by molar-refractivity contribution is 0.153. The van der Waals surface area contributed by atoms with Crippen molar-refractivity contribution in [3.63, 3.8) is 0 Å². The normalized spacial score (nSPS) is 16.7. The van der Waals surface area contributed by atoms with E-state index in [1.807, 2.05) is 46.6 Å². The van der Waals surface area contributed by atoms with Gasteiger partial charge in [-0.2, -0.15) is 0 Å². The Morgan fingerprint density at radius 2 is 1.80 bits per heavy atom. The molecule has 2 aliphatic rings. The van der Waals surface area contributed by atoms with Crippen molar-refractivity contribution in [1.82, 2.24) is 14.3 Å². The number of aryl methyl sites for hydroxylation is 1. The van der Waals surface area contributed by atoms with Crippen LogP contribution in [-0.4, -0.2) is 68.3 Å². The highest BCUT2D eigenvalue weighted by molar-refractivity contribution is 6.04. The SMILES string of the molecule is [B]N(Cc1ccc2c(c1)OCCO2)C1CCN(CCn2c(=O)cc(C)c3cc(OC)ccc32)CC1. The van der Waals surface area contributed by atoms with Gasteiger partial charge in [0.2, 0.25) is 0 Å². The topological polar surface area (TPSA) is 56.2 Å². The number of aromatic nitrogens is 1. The van der Waals surface area contributed by atoms with Gasteiger partial charge in [-0.05, 0) is 74.3 Å². The number of fused-ring (bicyclic) bond motifs is 2. The van der Waals surface area contributed by atoms with E-state index in [0.29, 0.717) is 32.3 Å². The average molecular weight is 473 g/mol. The van der Waals surface area contributed by atoms with E-state index in [1.165, 1.54) is 0 Å². The van der Waals surface area contributed by atoms with Crippen molar-refractivity contribution in [2.75, 3.05) is 40.0 Å². The minimum absolute atomic E-state index is 0.0441. The van der Waals surface area contributed by atoms with Crippen LogP contribution in [0.2, 0.25) is 0 Å². The van der Waals surface area contributed by atoms with Gasteiger partial charge in [-0.25, -0.2) is 0 Å². The first-order valence-corrected chi connectivity index (χ1v) is 12.3. The molecule has 1 aromatic heterocycles. The summed E-state index contributed by atoms with van der Waals surface area (Å²) < 4.78 is 18.6. The molecular formula is C27H32BN3O4. The van der Waals surface area contributed by atoms with Gasteiger partial charge in [-0.15, -0.1) is 0 Å². The monoisotopic (exact) mass is 473 g/mol. The van der Waals surface area contributed by atoms with E-state index >= 15 is 0 Å². The summed E-state index contributed by atoms with van der Waals surface area (Å²) in [6.45, 7) is 7.26. The van der Waals surface area contributed by atoms with Crippen molar-refractivity contribution in [3.05, 3.63) is 63.9 Å². The number of nitrogens with zero attached hydrogens (tertiary/aromatic N) is 3. The zero-order chi connectivity index (χ0) is 24.4. The molecule has 8 heteroatoms. The maximum absolute atomic E-state index is 12.8. The van der Waals surface area contributed by atoms with Crippen LogP contribution in [0.15, 0.2) is 47.3 Å². The molecule has 0 aliphatic carbocycles. The molecule has 0 amide bonds. The smallest absolute Gasteiger partial charge is 0.251 e. The van der Waals surface area contributed by atoms with Crippen LogP contribution in [0.3, 0.4) is 0 Å². The number of hydrogen-bond acceptors (Lipinski definition) is 6. The lowest BCUT2D eigenvalue weighted by Crippen LogP contribution is -2.44. The zero-order valence-corrected chi connectivity index (χ0v) is 20.5. The third-order valence-corrected chi connectivity index (χ3v) is 7.16. The van der Waals surface area contributed by atoms with Crippen molar-refractivity contribution < 1.29 is 14.2 Å². The fourth-order valence-electron chi connectivity index (χ4n) is 5.13. The first-order chi connectivity index (χ1) is 17.0. The lowest BCUT2D eigenvalue weighted by atomic mass is 9.99. The predicted molar refractivity (Wildman–Crippen MR) is 138 cm³/mol. The summed E-state index contributed by atoms with van der Waals surface area (Å²) in [5.41, 5.74) is 3.10. The van der Waals surface area contributed by atoms with Gasteiger partial charge in [0.25, 0.3) is 5.56 Å². The van der Waals surface area contributed by atoms with Crippen LogP contribution in [0, 0.1) is 6.92 Å². The summed E-state index contributed by atoms with van der Waals surface area (Å²) in [5.74, 6) is 2.40. The predicted octanol–water partition coefficient (Wildman–Crippen LogP) is 3.14. The number of benzene rings is 2. The van der Waals surface area contributed by atoms with Gasteiger partial charge >= 0.3 is 0 Å². The summed E-state index contributed by atoms with van der Waals surface area (Å²) in [5, 5.41) is 1.06. The number of likely N-dealkylation sites (tertiary alicyclic amines) is 1. The maximum atomic E-state index is 12.8. The second kappa shape index (κ2) is 10.3. The summed E-state index contributed by atoms with van der Waals surface area (Å²) in [7, 11) is 8.14. The van der Waals surface area contributed by atoms with E-state index in [1.54, 1.807) is 13.2 Å². The van der Waals surface area contributed by atoms with Gasteiger partial charge < -0.3 is 28.5 Å². The summed E-state index contributed by atoms with van der Waals surface area (Å²) in [4.78, 5) is 17.1. The van der Waals surface area contributed by atoms with Crippen molar-refractivity contribution in [1.29, 1.82) is 0 Å². The molecule has 0 N–H and O–H groups in total. The highest BCUT2D eigenvalue weighted by Gasteiger charge is 2.23. The molecule has 0 saturated carbocycles. The molecule has 35 heavy (non-hydrogen) atoms. The van der Waals surface area contributed by atoms with E-state index < -0.39 is 0 Å². The fourth-order valence-corrected chi connectivity index (χ4v) is 5.13. The van der Waals surface area contributed by atoms with Crippen LogP contribution in [-0.2, 0) is 13.1 Å². The van der Waals surface area contributed by atoms with E-state index in [0.717, 1.165) is 71.8 Å². The van der Waals surface area contributed by atoms with Crippen LogP contribution in [0.5, 0.6) is 17.2 Å². The molecule has 0 unspecified atom stereocenters. The molecule has 3 heterocycles. The molecule has 0 atom stereocenters. The van der Waals surface area contributed by atoms with Crippen molar-refractivity contribution in [2.45, 2.75) is 38.9 Å². The van der Waals surface area contributed by atoms with Gasteiger partial charge in [0, 0.05) is 37.1 Å². The van der Waals surface area contributed by atoms with Gasteiger partial charge in [0.1, 0.15) is 19.0 Å². The summed E-state index contributed by atoms with van der Waals surface area (Å²) in [6.07, 6.45) is 2.00. The van der Waals surface area contributed by atoms with Crippen molar-refractivity contribution >= 4 is 18.9 Å². The summed E-state index contributed by atoms with van der Waals surface area (Å²) >= 11 is 0. The van der Waals surface area contributed by atoms with Crippen LogP contribution in [0.1, 0.15) is 24.0 Å². The summed E-state index contributed by atoms with van der Waals surface area (Å²) in [6, 6.07) is 14.0. The number of ether oxygens (including phenoxy) is 3. The number of piperidine rings is 1. The molecular weight excluding hydrogens is 441 g/mol. The van der Waals surface area contributed by atoms with Crippen LogP contribution in [0.4, 0.5) is 0 Å². The first kappa shape index (κ1) is 23.8. The largest absolute Gasteiger partial charge is 0.497 e. The standard InChI is InChI=1S/C27H32BN3O4/c1-19-15-27(32)30(24-5-4-22(33-2)17-23(19)24)12-11-29-9-7-21(8-10-29)31(28)18-20-3-6-25-26(16-20)35-14-13-34-25/h3-6,15-17,21H,7-14,18H2,1-2H3. The Labute approximate surface area is 207 Å². The first-order valence-electron chi connectivity index (χ1n) is 12.3. The minimum atomic E-state index is 0.0441. The van der Waals surface area contributed by atoms with Crippen molar-refractivity contribution in [2.24, 2.45) is 0 Å². The quantitative estimate of drug-likeness (QED) is 0.492. The van der Waals surface area contributed by atoms with E-state index in [4.69, 9.17) is 22.2 Å². The third kappa shape index (κ3) is 5.18. The second-order valence-corrected chi connectivity index (χ2v) is 9.42. The number of pyridine rings is 1. The Kier molecular flexibility index (Phi) is 7.02. The molecule has 2 radical (unpaired) electrons. The van der Waals surface area contributed by atoms with Crippen LogP contribution in [0.25, 0.3) is 10.9 Å². The Bertz CT molecular complexity index is 1250. The van der Waals surface area contributed by atoms with Gasteiger partial charge in [0.15, 0.2) is 19.5 Å². The molecule has 1 fully saturated rings. The van der Waals surface area contributed by atoms with Crippen molar-refractivity contribution in [3.8, 4) is 17.2 Å². The van der Waals surface area contributed by atoms with Gasteiger partial charge in [0.05, 0.1) is 12.6 Å². The lowest BCUT2D eigenvalue weighted by Gasteiger charge is -2.37. The van der Waals surface area contributed by atoms with Gasteiger partial charge in [-0.1, -0.05) is 6.07 Å².